The van der Waals surface area contributed by atoms with Crippen LogP contribution in [-0.2, 0) is 6.54 Å². The van der Waals surface area contributed by atoms with Crippen molar-refractivity contribution in [3.63, 3.8) is 0 Å². The second-order valence-electron chi connectivity index (χ2n) is 4.73. The van der Waals surface area contributed by atoms with Crippen LogP contribution in [0.15, 0.2) is 28.9 Å². The number of nitrogens with zero attached hydrogens (tertiary/aromatic N) is 2. The Bertz CT molecular complexity index is 615. The predicted octanol–water partition coefficient (Wildman–Crippen LogP) is 4.55. The third kappa shape index (κ3) is 3.47. The van der Waals surface area contributed by atoms with E-state index in [0.717, 1.165) is 35.2 Å². The smallest absolute Gasteiger partial charge is 0.142 e. The summed E-state index contributed by atoms with van der Waals surface area (Å²) in [6, 6.07) is 4.68. The van der Waals surface area contributed by atoms with Gasteiger partial charge in [0.2, 0.25) is 0 Å². The van der Waals surface area contributed by atoms with Gasteiger partial charge in [-0.3, -0.25) is 4.68 Å². The number of rotatable bonds is 6. The van der Waals surface area contributed by atoms with E-state index in [9.17, 15) is 4.39 Å². The number of hydrogen-bond acceptors (Lipinski definition) is 2. The molecule has 2 rings (SSSR count). The number of nitrogens with one attached hydrogen (secondary N) is 1. The van der Waals surface area contributed by atoms with Crippen LogP contribution in [0.5, 0.6) is 0 Å². The van der Waals surface area contributed by atoms with Gasteiger partial charge in [0.15, 0.2) is 0 Å². The van der Waals surface area contributed by atoms with Crippen LogP contribution in [0, 0.1) is 5.82 Å². The van der Waals surface area contributed by atoms with E-state index in [1.165, 1.54) is 6.07 Å². The van der Waals surface area contributed by atoms with Crippen LogP contribution in [0.3, 0.4) is 0 Å². The van der Waals surface area contributed by atoms with Crippen molar-refractivity contribution in [2.75, 3.05) is 6.54 Å². The molecule has 0 aliphatic carbocycles. The van der Waals surface area contributed by atoms with Crippen molar-refractivity contribution in [3.05, 3.63) is 51.0 Å². The zero-order valence-corrected chi connectivity index (χ0v) is 14.4. The summed E-state index contributed by atoms with van der Waals surface area (Å²) >= 11 is 9.70. The van der Waals surface area contributed by atoms with Crippen molar-refractivity contribution >= 4 is 27.5 Å². The Morgan fingerprint density at radius 2 is 2.19 bits per heavy atom. The van der Waals surface area contributed by atoms with E-state index in [-0.39, 0.29) is 11.1 Å². The van der Waals surface area contributed by atoms with Gasteiger partial charge in [-0.1, -0.05) is 37.6 Å². The highest BCUT2D eigenvalue weighted by atomic mass is 79.9. The molecule has 114 valence electrons. The number of aromatic nitrogens is 2. The molecule has 3 nitrogen and oxygen atoms in total. The Morgan fingerprint density at radius 1 is 1.43 bits per heavy atom. The zero-order valence-electron chi connectivity index (χ0n) is 12.0. The molecule has 1 heterocycles. The molecular weight excluding hydrogens is 357 g/mol. The number of halogens is 3. The fourth-order valence-electron chi connectivity index (χ4n) is 2.35. The number of benzene rings is 1. The van der Waals surface area contributed by atoms with Gasteiger partial charge in [-0.15, -0.1) is 0 Å². The predicted molar refractivity (Wildman–Crippen MR) is 87.1 cm³/mol. The molecule has 1 unspecified atom stereocenters. The van der Waals surface area contributed by atoms with Gasteiger partial charge in [0.1, 0.15) is 5.82 Å². The molecule has 0 saturated heterocycles. The highest BCUT2D eigenvalue weighted by Crippen LogP contribution is 2.33. The summed E-state index contributed by atoms with van der Waals surface area (Å²) in [5, 5.41) is 7.90. The molecule has 0 aliphatic heterocycles. The van der Waals surface area contributed by atoms with Crippen molar-refractivity contribution in [2.24, 2.45) is 0 Å². The number of hydrogen-bond donors (Lipinski definition) is 1. The quantitative estimate of drug-likeness (QED) is 0.804. The molecule has 2 aromatic rings. The van der Waals surface area contributed by atoms with E-state index in [0.29, 0.717) is 0 Å². The van der Waals surface area contributed by atoms with Crippen LogP contribution < -0.4 is 5.32 Å². The van der Waals surface area contributed by atoms with E-state index in [4.69, 9.17) is 11.6 Å². The summed E-state index contributed by atoms with van der Waals surface area (Å²) in [5.41, 5.74) is 1.68. The Labute approximate surface area is 137 Å². The molecule has 21 heavy (non-hydrogen) atoms. The normalized spacial score (nSPS) is 12.6. The highest BCUT2D eigenvalue weighted by molar-refractivity contribution is 9.10. The molecule has 1 N–H and O–H groups in total. The lowest BCUT2D eigenvalue weighted by Crippen LogP contribution is -2.26. The fourth-order valence-corrected chi connectivity index (χ4v) is 3.11. The molecule has 0 aliphatic rings. The van der Waals surface area contributed by atoms with Gasteiger partial charge in [0.05, 0.1) is 27.4 Å². The molecule has 0 radical (unpaired) electrons. The van der Waals surface area contributed by atoms with Gasteiger partial charge in [-0.05, 0) is 40.5 Å². The third-order valence-electron chi connectivity index (χ3n) is 3.24. The Morgan fingerprint density at radius 3 is 2.86 bits per heavy atom. The number of aryl methyl sites for hydroxylation is 1. The van der Waals surface area contributed by atoms with E-state index in [2.05, 4.69) is 33.3 Å². The van der Waals surface area contributed by atoms with Gasteiger partial charge in [0, 0.05) is 6.54 Å². The minimum atomic E-state index is -0.408. The molecular formula is C15H18BrClFN3. The maximum atomic E-state index is 13.8. The van der Waals surface area contributed by atoms with Gasteiger partial charge in [-0.25, -0.2) is 4.39 Å². The van der Waals surface area contributed by atoms with Crippen LogP contribution in [0.2, 0.25) is 5.02 Å². The molecule has 0 amide bonds. The fraction of sp³-hybridized carbons (Fsp3) is 0.400. The van der Waals surface area contributed by atoms with Crippen molar-refractivity contribution in [1.29, 1.82) is 0 Å². The van der Waals surface area contributed by atoms with E-state index < -0.39 is 5.82 Å². The molecule has 1 atom stereocenters. The SMILES string of the molecule is CCCn1ncc(Br)c1C(NCC)c1cccc(F)c1Cl. The first kappa shape index (κ1) is 16.5. The topological polar surface area (TPSA) is 29.9 Å². The van der Waals surface area contributed by atoms with E-state index in [1.807, 2.05) is 17.7 Å². The molecule has 0 saturated carbocycles. The maximum Gasteiger partial charge on any atom is 0.142 e. The first-order valence-corrected chi connectivity index (χ1v) is 8.15. The van der Waals surface area contributed by atoms with Crippen LogP contribution in [0.25, 0.3) is 0 Å². The molecule has 0 fully saturated rings. The van der Waals surface area contributed by atoms with Crippen molar-refractivity contribution in [1.82, 2.24) is 15.1 Å². The van der Waals surface area contributed by atoms with Crippen molar-refractivity contribution < 1.29 is 4.39 Å². The lowest BCUT2D eigenvalue weighted by atomic mass is 10.0. The van der Waals surface area contributed by atoms with E-state index in [1.54, 1.807) is 12.3 Å². The molecule has 0 bridgehead atoms. The first-order chi connectivity index (χ1) is 10.1. The summed E-state index contributed by atoms with van der Waals surface area (Å²) in [5.74, 6) is -0.408. The van der Waals surface area contributed by atoms with Crippen molar-refractivity contribution in [2.45, 2.75) is 32.9 Å². The van der Waals surface area contributed by atoms with Gasteiger partial charge < -0.3 is 5.32 Å². The lowest BCUT2D eigenvalue weighted by Gasteiger charge is -2.22. The maximum absolute atomic E-state index is 13.8. The Hall–Kier alpha value is -0.910. The highest BCUT2D eigenvalue weighted by Gasteiger charge is 2.24. The molecule has 6 heteroatoms. The molecule has 1 aromatic carbocycles. The standard InChI is InChI=1S/C15H18BrClFN3/c1-3-8-21-15(11(16)9-20-21)14(19-4-2)10-6-5-7-12(18)13(10)17/h5-7,9,14,19H,3-4,8H2,1-2H3. The van der Waals surface area contributed by atoms with Crippen molar-refractivity contribution in [3.8, 4) is 0 Å². The van der Waals surface area contributed by atoms with Gasteiger partial charge in [0.25, 0.3) is 0 Å². The summed E-state index contributed by atoms with van der Waals surface area (Å²) < 4.78 is 16.6. The van der Waals surface area contributed by atoms with Crippen LogP contribution >= 0.6 is 27.5 Å². The van der Waals surface area contributed by atoms with Crippen LogP contribution in [-0.4, -0.2) is 16.3 Å². The zero-order chi connectivity index (χ0) is 15.4. The Kier molecular flexibility index (Phi) is 5.79. The molecule has 0 spiro atoms. The average molecular weight is 375 g/mol. The summed E-state index contributed by atoms with van der Waals surface area (Å²) in [7, 11) is 0. The van der Waals surface area contributed by atoms with Gasteiger partial charge >= 0.3 is 0 Å². The molecule has 1 aromatic heterocycles. The second-order valence-corrected chi connectivity index (χ2v) is 5.97. The third-order valence-corrected chi connectivity index (χ3v) is 4.25. The summed E-state index contributed by atoms with van der Waals surface area (Å²) in [6.45, 7) is 5.64. The lowest BCUT2D eigenvalue weighted by molar-refractivity contribution is 0.517. The average Bonchev–Trinajstić information content (AvgIpc) is 2.81. The summed E-state index contributed by atoms with van der Waals surface area (Å²) in [6.07, 6.45) is 2.74. The summed E-state index contributed by atoms with van der Waals surface area (Å²) in [4.78, 5) is 0. The monoisotopic (exact) mass is 373 g/mol. The van der Waals surface area contributed by atoms with Gasteiger partial charge in [-0.2, -0.15) is 5.10 Å². The van der Waals surface area contributed by atoms with Crippen LogP contribution in [0.1, 0.15) is 37.6 Å². The largest absolute Gasteiger partial charge is 0.305 e. The minimum absolute atomic E-state index is 0.152. The van der Waals surface area contributed by atoms with E-state index >= 15 is 0 Å². The minimum Gasteiger partial charge on any atom is -0.305 e. The first-order valence-electron chi connectivity index (χ1n) is 6.98. The Balaban J connectivity index is 2.53. The second kappa shape index (κ2) is 7.38. The van der Waals surface area contributed by atoms with Crippen LogP contribution in [0.4, 0.5) is 4.39 Å².